The topological polar surface area (TPSA) is 102 Å². The zero-order valence-electron chi connectivity index (χ0n) is 16.3. The second-order valence-electron chi connectivity index (χ2n) is 7.18. The molecule has 1 saturated heterocycles. The van der Waals surface area contributed by atoms with Gasteiger partial charge in [0.1, 0.15) is 5.82 Å². The molecule has 31 heavy (non-hydrogen) atoms. The molecule has 8 nitrogen and oxygen atoms in total. The number of oxazole rings is 1. The van der Waals surface area contributed by atoms with E-state index in [1.807, 2.05) is 0 Å². The van der Waals surface area contributed by atoms with Gasteiger partial charge >= 0.3 is 5.76 Å². The molecule has 0 atom stereocenters. The smallest absolute Gasteiger partial charge is 0.408 e. The van der Waals surface area contributed by atoms with Crippen molar-refractivity contribution in [2.45, 2.75) is 30.7 Å². The first-order chi connectivity index (χ1) is 14.8. The van der Waals surface area contributed by atoms with Crippen molar-refractivity contribution in [2.75, 3.05) is 18.4 Å². The molecule has 3 aromatic rings. The summed E-state index contributed by atoms with van der Waals surface area (Å²) < 4.78 is 46.4. The summed E-state index contributed by atoms with van der Waals surface area (Å²) in [5, 5.41) is 2.62. The number of amides is 1. The Morgan fingerprint density at radius 1 is 1.16 bits per heavy atom. The summed E-state index contributed by atoms with van der Waals surface area (Å²) in [4.78, 5) is 24.6. The minimum atomic E-state index is -3.64. The van der Waals surface area contributed by atoms with Crippen LogP contribution in [0.25, 0.3) is 11.1 Å². The number of rotatable bonds is 6. The van der Waals surface area contributed by atoms with Crippen LogP contribution in [0.2, 0.25) is 5.02 Å². The Labute approximate surface area is 182 Å². The van der Waals surface area contributed by atoms with Gasteiger partial charge in [0.15, 0.2) is 5.58 Å². The maximum Gasteiger partial charge on any atom is 0.419 e. The molecule has 2 aromatic carbocycles. The van der Waals surface area contributed by atoms with Crippen molar-refractivity contribution in [1.29, 1.82) is 0 Å². The third-order valence-corrected chi connectivity index (χ3v) is 7.32. The maximum absolute atomic E-state index is 13.1. The number of aromatic nitrogens is 1. The van der Waals surface area contributed by atoms with E-state index in [0.717, 1.165) is 18.9 Å². The van der Waals surface area contributed by atoms with Gasteiger partial charge in [0, 0.05) is 32.1 Å². The number of hydrogen-bond donors (Lipinski definition) is 1. The van der Waals surface area contributed by atoms with Gasteiger partial charge in [0.25, 0.3) is 0 Å². The molecule has 1 aliphatic rings. The second kappa shape index (κ2) is 8.45. The van der Waals surface area contributed by atoms with Gasteiger partial charge in [-0.25, -0.2) is 17.6 Å². The first-order valence-corrected chi connectivity index (χ1v) is 11.5. The summed E-state index contributed by atoms with van der Waals surface area (Å²) in [7, 11) is -3.64. The van der Waals surface area contributed by atoms with E-state index >= 15 is 0 Å². The van der Waals surface area contributed by atoms with Crippen LogP contribution in [0.5, 0.6) is 0 Å². The summed E-state index contributed by atoms with van der Waals surface area (Å²) >= 11 is 5.90. The third kappa shape index (κ3) is 4.36. The van der Waals surface area contributed by atoms with Gasteiger partial charge in [-0.3, -0.25) is 9.36 Å². The van der Waals surface area contributed by atoms with Crippen LogP contribution in [0.15, 0.2) is 50.5 Å². The molecule has 0 unspecified atom stereocenters. The number of benzene rings is 2. The predicted octanol–water partition coefficient (Wildman–Crippen LogP) is 3.20. The Morgan fingerprint density at radius 2 is 1.90 bits per heavy atom. The molecule has 1 aromatic heterocycles. The number of carbonyl (C=O) groups is 1. The van der Waals surface area contributed by atoms with Crippen molar-refractivity contribution in [1.82, 2.24) is 8.87 Å². The van der Waals surface area contributed by atoms with Crippen molar-refractivity contribution in [3.63, 3.8) is 0 Å². The van der Waals surface area contributed by atoms with Crippen LogP contribution in [0, 0.1) is 5.82 Å². The zero-order valence-corrected chi connectivity index (χ0v) is 17.9. The monoisotopic (exact) mass is 467 g/mol. The highest BCUT2D eigenvalue weighted by atomic mass is 35.5. The minimum Gasteiger partial charge on any atom is -0.408 e. The van der Waals surface area contributed by atoms with Crippen LogP contribution in [-0.4, -0.2) is 36.3 Å². The Bertz CT molecular complexity index is 1310. The van der Waals surface area contributed by atoms with Gasteiger partial charge in [-0.15, -0.1) is 0 Å². The molecule has 1 aliphatic heterocycles. The average molecular weight is 468 g/mol. The summed E-state index contributed by atoms with van der Waals surface area (Å²) in [6.45, 7) is 0.950. The molecule has 0 radical (unpaired) electrons. The van der Waals surface area contributed by atoms with Crippen LogP contribution in [0.1, 0.15) is 19.3 Å². The van der Waals surface area contributed by atoms with Gasteiger partial charge in [0.2, 0.25) is 15.9 Å². The lowest BCUT2D eigenvalue weighted by Crippen LogP contribution is -2.27. The predicted molar refractivity (Wildman–Crippen MR) is 113 cm³/mol. The fraction of sp³-hybridized carbons (Fsp3) is 0.300. The van der Waals surface area contributed by atoms with Crippen molar-refractivity contribution in [3.05, 3.63) is 57.8 Å². The number of carbonyl (C=O) groups excluding carboxylic acids is 1. The second-order valence-corrected chi connectivity index (χ2v) is 9.53. The largest absolute Gasteiger partial charge is 0.419 e. The molecule has 0 aliphatic carbocycles. The zero-order chi connectivity index (χ0) is 22.2. The molecular formula is C20H19ClFN3O5S. The average Bonchev–Trinajstić information content (AvgIpc) is 3.36. The van der Waals surface area contributed by atoms with Crippen molar-refractivity contribution >= 4 is 44.3 Å². The van der Waals surface area contributed by atoms with Gasteiger partial charge in [-0.05, 0) is 43.2 Å². The van der Waals surface area contributed by atoms with Crippen LogP contribution >= 0.6 is 11.6 Å². The Morgan fingerprint density at radius 3 is 2.61 bits per heavy atom. The summed E-state index contributed by atoms with van der Waals surface area (Å²) in [6.07, 6.45) is 1.56. The molecule has 11 heteroatoms. The summed E-state index contributed by atoms with van der Waals surface area (Å²) in [5.74, 6) is -1.65. The van der Waals surface area contributed by atoms with E-state index in [9.17, 15) is 22.4 Å². The van der Waals surface area contributed by atoms with E-state index in [1.165, 1.54) is 39.2 Å². The highest BCUT2D eigenvalue weighted by Gasteiger charge is 2.28. The highest BCUT2D eigenvalue weighted by molar-refractivity contribution is 7.89. The van der Waals surface area contributed by atoms with Crippen LogP contribution in [0.4, 0.5) is 10.1 Å². The molecule has 0 bridgehead atoms. The van der Waals surface area contributed by atoms with E-state index in [2.05, 4.69) is 5.32 Å². The van der Waals surface area contributed by atoms with Gasteiger partial charge in [-0.1, -0.05) is 11.6 Å². The number of nitrogens with one attached hydrogen (secondary N) is 1. The first kappa shape index (κ1) is 21.5. The molecule has 164 valence electrons. The lowest BCUT2D eigenvalue weighted by Gasteiger charge is -2.15. The van der Waals surface area contributed by atoms with Gasteiger partial charge in [0.05, 0.1) is 21.1 Å². The normalized spacial score (nSPS) is 14.9. The number of halogens is 2. The number of hydrogen-bond acceptors (Lipinski definition) is 5. The van der Waals surface area contributed by atoms with E-state index < -0.39 is 27.5 Å². The SMILES string of the molecule is O=C(CCn1c(=O)oc2cc(S(=O)(=O)N3CCCC3)ccc21)Nc1ccc(F)cc1Cl. The van der Waals surface area contributed by atoms with E-state index in [4.69, 9.17) is 16.0 Å². The number of fused-ring (bicyclic) bond motifs is 1. The van der Waals surface area contributed by atoms with Crippen LogP contribution in [0.3, 0.4) is 0 Å². The van der Waals surface area contributed by atoms with E-state index in [1.54, 1.807) is 0 Å². The summed E-state index contributed by atoms with van der Waals surface area (Å²) in [6, 6.07) is 7.86. The molecule has 0 spiro atoms. The van der Waals surface area contributed by atoms with Crippen molar-refractivity contribution < 1.29 is 22.0 Å². The van der Waals surface area contributed by atoms with Crippen molar-refractivity contribution in [3.8, 4) is 0 Å². The third-order valence-electron chi connectivity index (χ3n) is 5.11. The Kier molecular flexibility index (Phi) is 5.87. The molecule has 1 amide bonds. The molecule has 4 rings (SSSR count). The fourth-order valence-electron chi connectivity index (χ4n) is 3.51. The maximum atomic E-state index is 13.1. The molecule has 0 saturated carbocycles. The van der Waals surface area contributed by atoms with E-state index in [-0.39, 0.29) is 34.2 Å². The highest BCUT2D eigenvalue weighted by Crippen LogP contribution is 2.25. The number of sulfonamides is 1. The lowest BCUT2D eigenvalue weighted by atomic mass is 10.3. The molecule has 1 N–H and O–H groups in total. The minimum absolute atomic E-state index is 0.00863. The standard InChI is InChI=1S/C20H19ClFN3O5S/c21-15-11-13(22)3-5-16(15)23-19(26)7-10-25-17-6-4-14(12-18(17)30-20(25)27)31(28,29)24-8-1-2-9-24/h3-6,11-12H,1-2,7-10H2,(H,23,26). The van der Waals surface area contributed by atoms with Crippen molar-refractivity contribution in [2.24, 2.45) is 0 Å². The Balaban J connectivity index is 1.51. The molecular weight excluding hydrogens is 449 g/mol. The fourth-order valence-corrected chi connectivity index (χ4v) is 5.26. The first-order valence-electron chi connectivity index (χ1n) is 9.64. The molecule has 2 heterocycles. The Hall–Kier alpha value is -2.69. The number of nitrogens with zero attached hydrogens (tertiary/aromatic N) is 2. The van der Waals surface area contributed by atoms with Crippen LogP contribution < -0.4 is 11.1 Å². The quantitative estimate of drug-likeness (QED) is 0.599. The number of aryl methyl sites for hydroxylation is 1. The number of anilines is 1. The molecule has 1 fully saturated rings. The van der Waals surface area contributed by atoms with Crippen LogP contribution in [-0.2, 0) is 21.4 Å². The van der Waals surface area contributed by atoms with Gasteiger partial charge in [-0.2, -0.15) is 4.31 Å². The lowest BCUT2D eigenvalue weighted by molar-refractivity contribution is -0.116. The van der Waals surface area contributed by atoms with Gasteiger partial charge < -0.3 is 9.73 Å². The summed E-state index contributed by atoms with van der Waals surface area (Å²) in [5.41, 5.74) is 0.777. The van der Waals surface area contributed by atoms with E-state index in [0.29, 0.717) is 18.6 Å².